The normalized spacial score (nSPS) is 10.2. The molecule has 4 rings (SSSR count). The van der Waals surface area contributed by atoms with Crippen LogP contribution in [-0.4, -0.2) is 8.07 Å². The lowest BCUT2D eigenvalue weighted by Gasteiger charge is -2.21. The molecule has 136 valence electrons. The van der Waals surface area contributed by atoms with Gasteiger partial charge in [0.1, 0.15) is 0 Å². The molecule has 29 heavy (non-hydrogen) atoms. The van der Waals surface area contributed by atoms with Gasteiger partial charge in [0.15, 0.2) is 0 Å². The van der Waals surface area contributed by atoms with E-state index in [4.69, 9.17) is 0 Å². The molecule has 0 aliphatic carbocycles. The molecule has 0 fully saturated rings. The topological polar surface area (TPSA) is 0 Å². The van der Waals surface area contributed by atoms with Crippen molar-refractivity contribution in [2.24, 2.45) is 0 Å². The maximum Gasteiger partial charge on any atom is 0.276 e. The maximum atomic E-state index is 3.67. The van der Waals surface area contributed by atoms with E-state index >= 15 is 0 Å². The van der Waals surface area contributed by atoms with Crippen LogP contribution in [0.4, 0.5) is 0 Å². The molecule has 0 unspecified atom stereocenters. The Bertz CT molecular complexity index is 1070. The fourth-order valence-corrected chi connectivity index (χ4v) is 6.26. The van der Waals surface area contributed by atoms with Crippen LogP contribution in [0.1, 0.15) is 11.1 Å². The van der Waals surface area contributed by atoms with Crippen molar-refractivity contribution < 1.29 is 0 Å². The van der Waals surface area contributed by atoms with Gasteiger partial charge in [0.2, 0.25) is 0 Å². The Kier molecular flexibility index (Phi) is 5.72. The van der Waals surface area contributed by atoms with E-state index < -0.39 is 8.07 Å². The van der Waals surface area contributed by atoms with Crippen LogP contribution in [0.5, 0.6) is 0 Å². The van der Waals surface area contributed by atoms with Crippen LogP contribution >= 0.6 is 0 Å². The van der Waals surface area contributed by atoms with Crippen molar-refractivity contribution in [1.29, 1.82) is 0 Å². The first-order chi connectivity index (χ1) is 14.4. The van der Waals surface area contributed by atoms with Gasteiger partial charge in [0, 0.05) is 11.1 Å². The van der Waals surface area contributed by atoms with E-state index in [1.54, 1.807) is 0 Å². The highest BCUT2D eigenvalue weighted by atomic mass is 28.3. The van der Waals surface area contributed by atoms with Crippen LogP contribution in [0.2, 0.25) is 0 Å². The Labute approximate surface area is 173 Å². The molecular formula is C28H20Si. The highest BCUT2D eigenvalue weighted by molar-refractivity contribution is 7.13. The first-order valence-corrected chi connectivity index (χ1v) is 11.6. The second-order valence-corrected chi connectivity index (χ2v) is 9.87. The number of hydrogen-bond donors (Lipinski definition) is 0. The standard InChI is InChI=1S/C28H20Si/c1-5-13-25(14-6-1)21-23-29(27-17-9-3-10-18-27,28-19-11-4-12-20-28)24-22-26-15-7-2-8-16-26/h1-20H. The fraction of sp³-hybridized carbons (Fsp3) is 0. The Morgan fingerprint density at radius 1 is 0.379 bits per heavy atom. The fourth-order valence-electron chi connectivity index (χ4n) is 3.24. The SMILES string of the molecule is C(#C[Si](C#Cc1ccccc1)(c1ccccc1)c1ccccc1)c1ccccc1. The van der Waals surface area contributed by atoms with Crippen LogP contribution in [-0.2, 0) is 0 Å². The minimum atomic E-state index is -2.64. The minimum Gasteiger partial charge on any atom is -0.0989 e. The monoisotopic (exact) mass is 384 g/mol. The summed E-state index contributed by atoms with van der Waals surface area (Å²) in [5, 5.41) is 2.41. The lowest BCUT2D eigenvalue weighted by atomic mass is 10.2. The third-order valence-corrected chi connectivity index (χ3v) is 8.15. The maximum absolute atomic E-state index is 3.67. The molecule has 0 aromatic heterocycles. The zero-order valence-electron chi connectivity index (χ0n) is 16.0. The molecular weight excluding hydrogens is 364 g/mol. The summed E-state index contributed by atoms with van der Waals surface area (Å²) in [4.78, 5) is 0. The van der Waals surface area contributed by atoms with Crippen molar-refractivity contribution in [3.8, 4) is 22.9 Å². The summed E-state index contributed by atoms with van der Waals surface area (Å²) >= 11 is 0. The lowest BCUT2D eigenvalue weighted by molar-refractivity contribution is 1.65. The Morgan fingerprint density at radius 2 is 0.690 bits per heavy atom. The second kappa shape index (κ2) is 8.94. The zero-order valence-corrected chi connectivity index (χ0v) is 17.0. The highest BCUT2D eigenvalue weighted by Crippen LogP contribution is 2.07. The van der Waals surface area contributed by atoms with Gasteiger partial charge in [-0.2, -0.15) is 0 Å². The number of rotatable bonds is 2. The molecule has 0 atom stereocenters. The minimum absolute atomic E-state index is 1.01. The first-order valence-electron chi connectivity index (χ1n) is 9.64. The number of benzene rings is 4. The molecule has 1 heteroatoms. The summed E-state index contributed by atoms with van der Waals surface area (Å²) in [5.74, 6) is 6.86. The zero-order chi connectivity index (χ0) is 19.8. The highest BCUT2D eigenvalue weighted by Gasteiger charge is 2.34. The third kappa shape index (κ3) is 4.38. The Morgan fingerprint density at radius 3 is 1.03 bits per heavy atom. The van der Waals surface area contributed by atoms with Gasteiger partial charge in [-0.3, -0.25) is 0 Å². The van der Waals surface area contributed by atoms with Crippen molar-refractivity contribution in [3.05, 3.63) is 132 Å². The molecule has 0 heterocycles. The largest absolute Gasteiger partial charge is 0.276 e. The van der Waals surface area contributed by atoms with Crippen molar-refractivity contribution in [1.82, 2.24) is 0 Å². The van der Waals surface area contributed by atoms with E-state index in [0.29, 0.717) is 0 Å². The van der Waals surface area contributed by atoms with Gasteiger partial charge < -0.3 is 0 Å². The molecule has 0 saturated heterocycles. The van der Waals surface area contributed by atoms with Crippen LogP contribution in [0.15, 0.2) is 121 Å². The average Bonchev–Trinajstić information content (AvgIpc) is 2.82. The van der Waals surface area contributed by atoms with E-state index in [9.17, 15) is 0 Å². The molecule has 4 aromatic carbocycles. The Hall–Kier alpha value is -3.78. The quantitative estimate of drug-likeness (QED) is 0.354. The molecule has 0 radical (unpaired) electrons. The van der Waals surface area contributed by atoms with E-state index in [1.807, 2.05) is 72.8 Å². The molecule has 0 amide bonds. The molecule has 0 saturated carbocycles. The predicted octanol–water partition coefficient (Wildman–Crippen LogP) is 4.43. The van der Waals surface area contributed by atoms with E-state index in [0.717, 1.165) is 11.1 Å². The molecule has 0 N–H and O–H groups in total. The van der Waals surface area contributed by atoms with Crippen molar-refractivity contribution in [2.75, 3.05) is 0 Å². The molecule has 0 spiro atoms. The van der Waals surface area contributed by atoms with Crippen LogP contribution in [0, 0.1) is 22.9 Å². The second-order valence-electron chi connectivity index (χ2n) is 6.71. The van der Waals surface area contributed by atoms with Gasteiger partial charge in [0.05, 0.1) is 0 Å². The van der Waals surface area contributed by atoms with Crippen molar-refractivity contribution in [3.63, 3.8) is 0 Å². The molecule has 0 aliphatic heterocycles. The average molecular weight is 385 g/mol. The summed E-state index contributed by atoms with van der Waals surface area (Å²) < 4.78 is 0. The van der Waals surface area contributed by atoms with E-state index in [2.05, 4.69) is 71.5 Å². The van der Waals surface area contributed by atoms with Crippen LogP contribution in [0.25, 0.3) is 0 Å². The first kappa shape index (κ1) is 18.6. The lowest BCUT2D eigenvalue weighted by Crippen LogP contribution is -2.57. The van der Waals surface area contributed by atoms with E-state index in [1.165, 1.54) is 10.4 Å². The molecule has 0 bridgehead atoms. The van der Waals surface area contributed by atoms with Gasteiger partial charge in [-0.1, -0.05) is 120 Å². The van der Waals surface area contributed by atoms with Crippen molar-refractivity contribution in [2.45, 2.75) is 0 Å². The molecule has 0 nitrogen and oxygen atoms in total. The van der Waals surface area contributed by atoms with Gasteiger partial charge in [-0.25, -0.2) is 0 Å². The van der Waals surface area contributed by atoms with Gasteiger partial charge >= 0.3 is 0 Å². The summed E-state index contributed by atoms with van der Waals surface area (Å²) in [6, 6.07) is 41.4. The molecule has 4 aromatic rings. The number of hydrogen-bond acceptors (Lipinski definition) is 0. The summed E-state index contributed by atoms with van der Waals surface area (Å²) in [6.07, 6.45) is 0. The van der Waals surface area contributed by atoms with Crippen LogP contribution < -0.4 is 10.4 Å². The summed E-state index contributed by atoms with van der Waals surface area (Å²) in [6.45, 7) is 0. The smallest absolute Gasteiger partial charge is 0.0989 e. The van der Waals surface area contributed by atoms with Gasteiger partial charge in [-0.15, -0.1) is 0 Å². The van der Waals surface area contributed by atoms with E-state index in [-0.39, 0.29) is 0 Å². The summed E-state index contributed by atoms with van der Waals surface area (Å²) in [5.41, 5.74) is 9.36. The Balaban J connectivity index is 1.96. The van der Waals surface area contributed by atoms with Gasteiger partial charge in [0.25, 0.3) is 8.07 Å². The van der Waals surface area contributed by atoms with Crippen LogP contribution in [0.3, 0.4) is 0 Å². The summed E-state index contributed by atoms with van der Waals surface area (Å²) in [7, 11) is -2.64. The van der Waals surface area contributed by atoms with Crippen molar-refractivity contribution >= 4 is 18.4 Å². The third-order valence-electron chi connectivity index (χ3n) is 4.75. The van der Waals surface area contributed by atoms with Gasteiger partial charge in [-0.05, 0) is 34.6 Å². The molecule has 0 aliphatic rings. The predicted molar refractivity (Wildman–Crippen MR) is 125 cm³/mol.